The van der Waals surface area contributed by atoms with Crippen molar-refractivity contribution in [1.82, 2.24) is 4.90 Å². The van der Waals surface area contributed by atoms with E-state index in [1.54, 1.807) is 0 Å². The van der Waals surface area contributed by atoms with Crippen LogP contribution in [0.1, 0.15) is 30.4 Å². The molecule has 0 spiro atoms. The van der Waals surface area contributed by atoms with Gasteiger partial charge in [0.05, 0.1) is 6.04 Å². The van der Waals surface area contributed by atoms with E-state index < -0.39 is 0 Å². The fourth-order valence-corrected chi connectivity index (χ4v) is 3.10. The molecule has 0 heterocycles. The van der Waals surface area contributed by atoms with E-state index in [2.05, 4.69) is 53.4 Å². The van der Waals surface area contributed by atoms with Gasteiger partial charge in [0.15, 0.2) is 0 Å². The topological polar surface area (TPSA) is 20.3 Å². The van der Waals surface area contributed by atoms with Crippen LogP contribution in [-0.4, -0.2) is 16.7 Å². The predicted octanol–water partition coefficient (Wildman–Crippen LogP) is 3.81. The molecule has 3 rings (SSSR count). The molecule has 2 nitrogen and oxygen atoms in total. The van der Waals surface area contributed by atoms with Gasteiger partial charge in [-0.2, -0.15) is 0 Å². The molecule has 2 aromatic rings. The molecular weight excluding hydrogens is 258 g/mol. The van der Waals surface area contributed by atoms with E-state index in [-0.39, 0.29) is 6.04 Å². The summed E-state index contributed by atoms with van der Waals surface area (Å²) in [4.78, 5) is 14.5. The third kappa shape index (κ3) is 3.59. The molecule has 0 aliphatic heterocycles. The number of hydrogen-bond donors (Lipinski definition) is 0. The van der Waals surface area contributed by atoms with E-state index in [4.69, 9.17) is 0 Å². The second-order valence-electron chi connectivity index (χ2n) is 5.75. The largest absolute Gasteiger partial charge is 0.298 e. The van der Waals surface area contributed by atoms with Crippen molar-refractivity contribution in [2.24, 2.45) is 0 Å². The molecule has 2 heteroatoms. The Kier molecular flexibility index (Phi) is 4.46. The SMILES string of the molecule is O=C1CCCC1N(Cc1ccccc1)Cc1ccccc1. The molecule has 1 unspecified atom stereocenters. The molecular formula is C19H21NO. The molecule has 0 bridgehead atoms. The van der Waals surface area contributed by atoms with E-state index >= 15 is 0 Å². The number of rotatable bonds is 5. The van der Waals surface area contributed by atoms with Crippen LogP contribution < -0.4 is 0 Å². The van der Waals surface area contributed by atoms with Crippen LogP contribution in [0.25, 0.3) is 0 Å². The second kappa shape index (κ2) is 6.68. The van der Waals surface area contributed by atoms with Crippen molar-refractivity contribution in [2.75, 3.05) is 0 Å². The van der Waals surface area contributed by atoms with E-state index in [0.717, 1.165) is 32.4 Å². The molecule has 1 aliphatic carbocycles. The van der Waals surface area contributed by atoms with Gasteiger partial charge in [-0.3, -0.25) is 9.69 Å². The molecule has 1 atom stereocenters. The Labute approximate surface area is 126 Å². The van der Waals surface area contributed by atoms with Crippen molar-refractivity contribution < 1.29 is 4.79 Å². The zero-order chi connectivity index (χ0) is 14.5. The monoisotopic (exact) mass is 279 g/mol. The van der Waals surface area contributed by atoms with Crippen LogP contribution in [-0.2, 0) is 17.9 Å². The maximum absolute atomic E-state index is 12.2. The Morgan fingerprint density at radius 3 is 1.81 bits per heavy atom. The summed E-state index contributed by atoms with van der Waals surface area (Å²) in [6.45, 7) is 1.68. The summed E-state index contributed by atoms with van der Waals surface area (Å²) in [6.07, 6.45) is 2.77. The molecule has 0 saturated heterocycles. The van der Waals surface area contributed by atoms with Gasteiger partial charge in [-0.25, -0.2) is 0 Å². The summed E-state index contributed by atoms with van der Waals surface area (Å²) < 4.78 is 0. The highest BCUT2D eigenvalue weighted by atomic mass is 16.1. The quantitative estimate of drug-likeness (QED) is 0.829. The summed E-state index contributed by atoms with van der Waals surface area (Å²) in [7, 11) is 0. The first-order valence-corrected chi connectivity index (χ1v) is 7.67. The Hall–Kier alpha value is -1.93. The Morgan fingerprint density at radius 2 is 1.38 bits per heavy atom. The normalized spacial score (nSPS) is 18.3. The average molecular weight is 279 g/mol. The van der Waals surface area contributed by atoms with Crippen molar-refractivity contribution in [1.29, 1.82) is 0 Å². The highest BCUT2D eigenvalue weighted by molar-refractivity contribution is 5.85. The van der Waals surface area contributed by atoms with Gasteiger partial charge in [0.1, 0.15) is 5.78 Å². The van der Waals surface area contributed by atoms with E-state index in [1.165, 1.54) is 11.1 Å². The van der Waals surface area contributed by atoms with E-state index in [0.29, 0.717) is 5.78 Å². The Bertz CT molecular complexity index is 538. The zero-order valence-electron chi connectivity index (χ0n) is 12.2. The number of nitrogens with zero attached hydrogens (tertiary/aromatic N) is 1. The standard InChI is InChI=1S/C19H21NO/c21-19-13-7-12-18(19)20(14-16-8-3-1-4-9-16)15-17-10-5-2-6-11-17/h1-6,8-11,18H,7,12-15H2. The molecule has 21 heavy (non-hydrogen) atoms. The van der Waals surface area contributed by atoms with Crippen molar-refractivity contribution in [3.05, 3.63) is 71.8 Å². The lowest BCUT2D eigenvalue weighted by Gasteiger charge is -2.28. The number of ketones is 1. The molecule has 0 amide bonds. The summed E-state index contributed by atoms with van der Waals surface area (Å²) in [6, 6.07) is 20.9. The van der Waals surface area contributed by atoms with Crippen LogP contribution in [0, 0.1) is 0 Å². The number of carbonyl (C=O) groups excluding carboxylic acids is 1. The number of benzene rings is 2. The minimum absolute atomic E-state index is 0.0883. The van der Waals surface area contributed by atoms with Crippen molar-refractivity contribution >= 4 is 5.78 Å². The zero-order valence-corrected chi connectivity index (χ0v) is 12.2. The van der Waals surface area contributed by atoms with Gasteiger partial charge in [0, 0.05) is 19.5 Å². The molecule has 108 valence electrons. The number of hydrogen-bond acceptors (Lipinski definition) is 2. The van der Waals surface area contributed by atoms with Gasteiger partial charge in [-0.1, -0.05) is 60.7 Å². The highest BCUT2D eigenvalue weighted by Crippen LogP contribution is 2.24. The predicted molar refractivity (Wildman–Crippen MR) is 84.8 cm³/mol. The summed E-state index contributed by atoms with van der Waals surface area (Å²) in [5.41, 5.74) is 2.54. The first kappa shape index (κ1) is 14.0. The number of carbonyl (C=O) groups is 1. The lowest BCUT2D eigenvalue weighted by atomic mass is 10.1. The van der Waals surface area contributed by atoms with Crippen LogP contribution in [0.2, 0.25) is 0 Å². The summed E-state index contributed by atoms with van der Waals surface area (Å²) >= 11 is 0. The maximum atomic E-state index is 12.2. The third-order valence-corrected chi connectivity index (χ3v) is 4.17. The summed E-state index contributed by atoms with van der Waals surface area (Å²) in [5.74, 6) is 0.405. The lowest BCUT2D eigenvalue weighted by Crippen LogP contribution is -2.37. The molecule has 1 saturated carbocycles. The molecule has 0 radical (unpaired) electrons. The van der Waals surface area contributed by atoms with Gasteiger partial charge in [0.25, 0.3) is 0 Å². The Morgan fingerprint density at radius 1 is 0.857 bits per heavy atom. The van der Waals surface area contributed by atoms with Crippen molar-refractivity contribution in [3.8, 4) is 0 Å². The highest BCUT2D eigenvalue weighted by Gasteiger charge is 2.30. The van der Waals surface area contributed by atoms with Gasteiger partial charge in [-0.05, 0) is 24.0 Å². The van der Waals surface area contributed by atoms with Gasteiger partial charge in [-0.15, -0.1) is 0 Å². The van der Waals surface area contributed by atoms with Crippen LogP contribution in [0.3, 0.4) is 0 Å². The fraction of sp³-hybridized carbons (Fsp3) is 0.316. The van der Waals surface area contributed by atoms with Gasteiger partial charge in [0.2, 0.25) is 0 Å². The van der Waals surface area contributed by atoms with Crippen molar-refractivity contribution in [2.45, 2.75) is 38.4 Å². The smallest absolute Gasteiger partial charge is 0.149 e. The third-order valence-electron chi connectivity index (χ3n) is 4.17. The first-order valence-electron chi connectivity index (χ1n) is 7.67. The molecule has 0 N–H and O–H groups in total. The molecule has 1 aliphatic rings. The average Bonchev–Trinajstić information content (AvgIpc) is 2.95. The number of Topliss-reactive ketones (excluding diaryl/α,β-unsaturated/α-hetero) is 1. The van der Waals surface area contributed by atoms with Crippen LogP contribution in [0.15, 0.2) is 60.7 Å². The second-order valence-corrected chi connectivity index (χ2v) is 5.75. The van der Waals surface area contributed by atoms with Crippen LogP contribution in [0.4, 0.5) is 0 Å². The van der Waals surface area contributed by atoms with Gasteiger partial charge >= 0.3 is 0 Å². The molecule has 0 aromatic heterocycles. The minimum atomic E-state index is 0.0883. The molecule has 2 aromatic carbocycles. The van der Waals surface area contributed by atoms with Crippen molar-refractivity contribution in [3.63, 3.8) is 0 Å². The van der Waals surface area contributed by atoms with Crippen LogP contribution >= 0.6 is 0 Å². The maximum Gasteiger partial charge on any atom is 0.149 e. The Balaban J connectivity index is 1.79. The fourth-order valence-electron chi connectivity index (χ4n) is 3.10. The van der Waals surface area contributed by atoms with Gasteiger partial charge < -0.3 is 0 Å². The lowest BCUT2D eigenvalue weighted by molar-refractivity contribution is -0.122. The van der Waals surface area contributed by atoms with E-state index in [1.807, 2.05) is 12.1 Å². The minimum Gasteiger partial charge on any atom is -0.298 e. The van der Waals surface area contributed by atoms with Crippen LogP contribution in [0.5, 0.6) is 0 Å². The first-order chi connectivity index (χ1) is 10.3. The molecule has 1 fully saturated rings. The summed E-state index contributed by atoms with van der Waals surface area (Å²) in [5, 5.41) is 0. The van der Waals surface area contributed by atoms with E-state index in [9.17, 15) is 4.79 Å².